The summed E-state index contributed by atoms with van der Waals surface area (Å²) in [6, 6.07) is 16.8. The van der Waals surface area contributed by atoms with Crippen LogP contribution in [0.25, 0.3) is 0 Å². The lowest BCUT2D eigenvalue weighted by Gasteiger charge is -2.10. The van der Waals surface area contributed by atoms with Crippen molar-refractivity contribution >= 4 is 21.6 Å². The fraction of sp³-hybridized carbons (Fsp3) is 0.190. The van der Waals surface area contributed by atoms with Gasteiger partial charge in [0.15, 0.2) is 0 Å². The summed E-state index contributed by atoms with van der Waals surface area (Å²) < 4.78 is 32.5. The van der Waals surface area contributed by atoms with E-state index in [0.717, 1.165) is 0 Å². The molecule has 146 valence electrons. The summed E-state index contributed by atoms with van der Waals surface area (Å²) in [5, 5.41) is 2.79. The Morgan fingerprint density at radius 3 is 2.43 bits per heavy atom. The number of anilines is 1. The molecule has 3 rings (SSSR count). The van der Waals surface area contributed by atoms with Crippen LogP contribution in [0.1, 0.15) is 41.4 Å². The minimum atomic E-state index is -3.77. The Morgan fingerprint density at radius 1 is 1.04 bits per heavy atom. The van der Waals surface area contributed by atoms with Crippen molar-refractivity contribution in [1.29, 1.82) is 0 Å². The molecule has 0 aliphatic rings. The van der Waals surface area contributed by atoms with Crippen molar-refractivity contribution in [3.8, 4) is 0 Å². The maximum absolute atomic E-state index is 12.5. The molecule has 0 saturated heterocycles. The number of sulfonamides is 1. The largest absolute Gasteiger partial charge is 0.468 e. The van der Waals surface area contributed by atoms with Crippen LogP contribution in [0.2, 0.25) is 0 Å². The Bertz CT molecular complexity index is 1040. The molecule has 0 saturated carbocycles. The number of benzene rings is 2. The van der Waals surface area contributed by atoms with Gasteiger partial charge >= 0.3 is 0 Å². The highest BCUT2D eigenvalue weighted by atomic mass is 32.2. The van der Waals surface area contributed by atoms with Crippen molar-refractivity contribution in [2.75, 3.05) is 5.32 Å². The zero-order valence-electron chi connectivity index (χ0n) is 15.7. The fourth-order valence-corrected chi connectivity index (χ4v) is 3.66. The van der Waals surface area contributed by atoms with Crippen molar-refractivity contribution < 1.29 is 17.6 Å². The normalized spacial score (nSPS) is 11.5. The summed E-state index contributed by atoms with van der Waals surface area (Å²) in [5.74, 6) is 0.531. The number of furan rings is 1. The summed E-state index contributed by atoms with van der Waals surface area (Å²) in [5.41, 5.74) is 2.08. The Morgan fingerprint density at radius 2 is 1.79 bits per heavy atom. The van der Waals surface area contributed by atoms with E-state index in [0.29, 0.717) is 17.4 Å². The molecule has 3 aromatic rings. The molecular formula is C21H22N2O4S. The van der Waals surface area contributed by atoms with Gasteiger partial charge in [0.05, 0.1) is 17.7 Å². The van der Waals surface area contributed by atoms with Crippen LogP contribution in [-0.4, -0.2) is 14.3 Å². The number of carbonyl (C=O) groups is 1. The van der Waals surface area contributed by atoms with E-state index in [1.807, 2.05) is 24.3 Å². The highest BCUT2D eigenvalue weighted by molar-refractivity contribution is 7.89. The number of nitrogens with one attached hydrogen (secondary N) is 2. The first kappa shape index (κ1) is 19.9. The van der Waals surface area contributed by atoms with Crippen LogP contribution in [0.4, 0.5) is 5.69 Å². The van der Waals surface area contributed by atoms with Crippen LogP contribution in [-0.2, 0) is 16.6 Å². The average molecular weight is 398 g/mol. The number of carbonyl (C=O) groups excluding carboxylic acids is 1. The average Bonchev–Trinajstić information content (AvgIpc) is 3.21. The molecule has 0 bridgehead atoms. The van der Waals surface area contributed by atoms with Gasteiger partial charge in [-0.05, 0) is 53.9 Å². The van der Waals surface area contributed by atoms with E-state index < -0.39 is 10.0 Å². The molecule has 1 amide bonds. The second kappa shape index (κ2) is 8.41. The second-order valence-electron chi connectivity index (χ2n) is 6.66. The Labute approximate surface area is 164 Å². The molecule has 0 atom stereocenters. The summed E-state index contributed by atoms with van der Waals surface area (Å²) in [6.07, 6.45) is 1.47. The van der Waals surface area contributed by atoms with Crippen LogP contribution in [0, 0.1) is 0 Å². The lowest BCUT2D eigenvalue weighted by Crippen LogP contribution is -2.23. The molecule has 1 heterocycles. The van der Waals surface area contributed by atoms with Crippen molar-refractivity contribution in [2.24, 2.45) is 0 Å². The first-order chi connectivity index (χ1) is 13.3. The SMILES string of the molecule is CC(C)c1ccc(NC(=O)c2cccc(S(=O)(=O)NCc3ccco3)c2)cc1. The van der Waals surface area contributed by atoms with Crippen molar-refractivity contribution in [3.05, 3.63) is 83.8 Å². The van der Waals surface area contributed by atoms with Gasteiger partial charge in [-0.25, -0.2) is 13.1 Å². The molecular weight excluding hydrogens is 376 g/mol. The number of hydrogen-bond donors (Lipinski definition) is 2. The lowest BCUT2D eigenvalue weighted by molar-refractivity contribution is 0.102. The van der Waals surface area contributed by atoms with Crippen molar-refractivity contribution in [2.45, 2.75) is 31.2 Å². The predicted octanol–water partition coefficient (Wildman–Crippen LogP) is 4.13. The molecule has 0 spiro atoms. The molecule has 0 aliphatic heterocycles. The molecule has 1 aromatic heterocycles. The summed E-state index contributed by atoms with van der Waals surface area (Å²) in [7, 11) is -3.77. The third-order valence-corrected chi connectivity index (χ3v) is 5.66. The van der Waals surface area contributed by atoms with E-state index in [1.165, 1.54) is 30.0 Å². The van der Waals surface area contributed by atoms with Gasteiger partial charge in [0.2, 0.25) is 10.0 Å². The molecule has 0 unspecified atom stereocenters. The zero-order valence-corrected chi connectivity index (χ0v) is 16.5. The van der Waals surface area contributed by atoms with Gasteiger partial charge < -0.3 is 9.73 Å². The topological polar surface area (TPSA) is 88.4 Å². The summed E-state index contributed by atoms with van der Waals surface area (Å²) in [4.78, 5) is 12.5. The predicted molar refractivity (Wildman–Crippen MR) is 108 cm³/mol. The van der Waals surface area contributed by atoms with Crippen LogP contribution >= 0.6 is 0 Å². The van der Waals surface area contributed by atoms with E-state index in [9.17, 15) is 13.2 Å². The molecule has 7 heteroatoms. The summed E-state index contributed by atoms with van der Waals surface area (Å²) >= 11 is 0. The molecule has 2 aromatic carbocycles. The summed E-state index contributed by atoms with van der Waals surface area (Å²) in [6.45, 7) is 4.23. The number of amides is 1. The number of hydrogen-bond acceptors (Lipinski definition) is 4. The standard InChI is InChI=1S/C21H22N2O4S/c1-15(2)16-8-10-18(11-9-16)23-21(24)17-5-3-7-20(13-17)28(25,26)22-14-19-6-4-12-27-19/h3-13,15,22H,14H2,1-2H3,(H,23,24). The molecule has 28 heavy (non-hydrogen) atoms. The lowest BCUT2D eigenvalue weighted by atomic mass is 10.0. The molecule has 6 nitrogen and oxygen atoms in total. The maximum atomic E-state index is 12.5. The highest BCUT2D eigenvalue weighted by Crippen LogP contribution is 2.18. The van der Waals surface area contributed by atoms with Crippen molar-refractivity contribution in [3.63, 3.8) is 0 Å². The first-order valence-electron chi connectivity index (χ1n) is 8.88. The minimum Gasteiger partial charge on any atom is -0.468 e. The quantitative estimate of drug-likeness (QED) is 0.626. The maximum Gasteiger partial charge on any atom is 0.255 e. The third-order valence-electron chi connectivity index (χ3n) is 4.26. The van der Waals surface area contributed by atoms with Gasteiger partial charge in [0, 0.05) is 11.3 Å². The van der Waals surface area contributed by atoms with Crippen molar-refractivity contribution in [1.82, 2.24) is 4.72 Å². The Kier molecular flexibility index (Phi) is 5.96. The molecule has 0 aliphatic carbocycles. The van der Waals surface area contributed by atoms with Gasteiger partial charge in [-0.15, -0.1) is 0 Å². The fourth-order valence-electron chi connectivity index (χ4n) is 2.62. The van der Waals surface area contributed by atoms with Gasteiger partial charge in [-0.3, -0.25) is 4.79 Å². The highest BCUT2D eigenvalue weighted by Gasteiger charge is 2.17. The zero-order chi connectivity index (χ0) is 20.1. The minimum absolute atomic E-state index is 0.0156. The Hall–Kier alpha value is -2.90. The van der Waals surface area contributed by atoms with Crippen LogP contribution in [0.5, 0.6) is 0 Å². The molecule has 0 fully saturated rings. The second-order valence-corrected chi connectivity index (χ2v) is 8.43. The number of rotatable bonds is 7. The van der Waals surface area contributed by atoms with Gasteiger partial charge in [0.25, 0.3) is 5.91 Å². The first-order valence-corrected chi connectivity index (χ1v) is 10.4. The smallest absolute Gasteiger partial charge is 0.255 e. The van der Waals surface area contributed by atoms with E-state index in [1.54, 1.807) is 18.2 Å². The van der Waals surface area contributed by atoms with Gasteiger partial charge in [0.1, 0.15) is 5.76 Å². The Balaban J connectivity index is 1.71. The van der Waals surface area contributed by atoms with E-state index >= 15 is 0 Å². The van der Waals surface area contributed by atoms with Crippen LogP contribution in [0.3, 0.4) is 0 Å². The molecule has 2 N–H and O–H groups in total. The van der Waals surface area contributed by atoms with E-state index in [2.05, 4.69) is 23.9 Å². The monoisotopic (exact) mass is 398 g/mol. The van der Waals surface area contributed by atoms with E-state index in [4.69, 9.17) is 4.42 Å². The molecule has 0 radical (unpaired) electrons. The van der Waals surface area contributed by atoms with Crippen LogP contribution in [0.15, 0.2) is 76.2 Å². The van der Waals surface area contributed by atoms with Crippen LogP contribution < -0.4 is 10.0 Å². The third kappa shape index (κ3) is 4.88. The van der Waals surface area contributed by atoms with Gasteiger partial charge in [-0.1, -0.05) is 32.0 Å². The van der Waals surface area contributed by atoms with Gasteiger partial charge in [-0.2, -0.15) is 0 Å². The van der Waals surface area contributed by atoms with E-state index in [-0.39, 0.29) is 22.9 Å².